The van der Waals surface area contributed by atoms with Crippen LogP contribution in [-0.4, -0.2) is 41.9 Å². The Bertz CT molecular complexity index is 236. The van der Waals surface area contributed by atoms with Crippen LogP contribution in [-0.2, 0) is 4.74 Å². The molecule has 1 N–H and O–H groups in total. The monoisotopic (exact) mass is 184 g/mol. The van der Waals surface area contributed by atoms with Gasteiger partial charge in [-0.2, -0.15) is 5.26 Å². The van der Waals surface area contributed by atoms with E-state index >= 15 is 0 Å². The van der Waals surface area contributed by atoms with Crippen molar-refractivity contribution in [3.05, 3.63) is 0 Å². The van der Waals surface area contributed by atoms with Gasteiger partial charge in [0.25, 0.3) is 0 Å². The third-order valence-corrected chi connectivity index (χ3v) is 2.12. The molecule has 5 nitrogen and oxygen atoms in total. The van der Waals surface area contributed by atoms with E-state index in [-0.39, 0.29) is 6.54 Å². The number of carbonyl (C=O) groups is 1. The standard InChI is InChI=1S/C8H12N2O3/c1-13-8(12)10-5-7(11)3-2-6(10)4-9/h6-7,11H,2-3,5H2,1H3/t6-,7-/m0/s1. The maximum absolute atomic E-state index is 11.1. The molecule has 72 valence electrons. The second-order valence-corrected chi connectivity index (χ2v) is 3.00. The van der Waals surface area contributed by atoms with Crippen molar-refractivity contribution < 1.29 is 14.6 Å². The normalized spacial score (nSPS) is 27.9. The number of ether oxygens (including phenoxy) is 1. The number of amides is 1. The lowest BCUT2D eigenvalue weighted by atomic mass is 10.0. The summed E-state index contributed by atoms with van der Waals surface area (Å²) in [5.41, 5.74) is 0. The zero-order chi connectivity index (χ0) is 9.84. The Kier molecular flexibility index (Phi) is 3.09. The second kappa shape index (κ2) is 4.10. The SMILES string of the molecule is COC(=O)N1C[C@@H](O)CC[C@H]1C#N. The number of carbonyl (C=O) groups excluding carboxylic acids is 1. The Morgan fingerprint density at radius 3 is 2.92 bits per heavy atom. The first-order chi connectivity index (χ1) is 6.19. The Morgan fingerprint density at radius 2 is 2.38 bits per heavy atom. The van der Waals surface area contributed by atoms with Crippen LogP contribution < -0.4 is 0 Å². The van der Waals surface area contributed by atoms with Crippen LogP contribution in [0, 0.1) is 11.3 Å². The molecule has 0 aromatic rings. The molecule has 0 radical (unpaired) electrons. The summed E-state index contributed by atoms with van der Waals surface area (Å²) in [6.45, 7) is 0.185. The lowest BCUT2D eigenvalue weighted by molar-refractivity contribution is 0.0433. The molecule has 5 heteroatoms. The summed E-state index contributed by atoms with van der Waals surface area (Å²) in [6.07, 6.45) is -0.0209. The smallest absolute Gasteiger partial charge is 0.410 e. The molecule has 1 rings (SSSR count). The predicted molar refractivity (Wildman–Crippen MR) is 43.8 cm³/mol. The van der Waals surface area contributed by atoms with E-state index in [9.17, 15) is 9.90 Å². The van der Waals surface area contributed by atoms with Crippen LogP contribution in [0.25, 0.3) is 0 Å². The Labute approximate surface area is 76.5 Å². The zero-order valence-electron chi connectivity index (χ0n) is 7.43. The Hall–Kier alpha value is -1.28. The summed E-state index contributed by atoms with van der Waals surface area (Å²) < 4.78 is 4.49. The van der Waals surface area contributed by atoms with Gasteiger partial charge in [0.2, 0.25) is 0 Å². The molecule has 0 aromatic heterocycles. The highest BCUT2D eigenvalue weighted by Crippen LogP contribution is 2.17. The van der Waals surface area contributed by atoms with Crippen LogP contribution in [0.15, 0.2) is 0 Å². The van der Waals surface area contributed by atoms with Crippen molar-refractivity contribution in [1.29, 1.82) is 5.26 Å². The van der Waals surface area contributed by atoms with Gasteiger partial charge in [0, 0.05) is 0 Å². The first-order valence-electron chi connectivity index (χ1n) is 4.11. The van der Waals surface area contributed by atoms with Gasteiger partial charge in [-0.25, -0.2) is 4.79 Å². The third kappa shape index (κ3) is 2.10. The summed E-state index contributed by atoms with van der Waals surface area (Å²) in [7, 11) is 1.26. The molecule has 1 aliphatic rings. The van der Waals surface area contributed by atoms with E-state index in [4.69, 9.17) is 5.26 Å². The fourth-order valence-electron chi connectivity index (χ4n) is 1.40. The fourth-order valence-corrected chi connectivity index (χ4v) is 1.40. The Balaban J connectivity index is 2.66. The first kappa shape index (κ1) is 9.81. The maximum atomic E-state index is 11.1. The maximum Gasteiger partial charge on any atom is 0.410 e. The van der Waals surface area contributed by atoms with Crippen LogP contribution >= 0.6 is 0 Å². The van der Waals surface area contributed by atoms with Gasteiger partial charge in [0.1, 0.15) is 6.04 Å². The van der Waals surface area contributed by atoms with Gasteiger partial charge in [-0.1, -0.05) is 0 Å². The number of aliphatic hydroxyl groups excluding tert-OH is 1. The van der Waals surface area contributed by atoms with Crippen molar-refractivity contribution >= 4 is 6.09 Å². The molecule has 0 aliphatic carbocycles. The minimum Gasteiger partial charge on any atom is -0.453 e. The van der Waals surface area contributed by atoms with Gasteiger partial charge in [-0.05, 0) is 12.8 Å². The largest absolute Gasteiger partial charge is 0.453 e. The predicted octanol–water partition coefficient (Wildman–Crippen LogP) is 0.102. The Morgan fingerprint density at radius 1 is 1.69 bits per heavy atom. The van der Waals surface area contributed by atoms with Crippen LogP contribution in [0.3, 0.4) is 0 Å². The molecule has 2 atom stereocenters. The van der Waals surface area contributed by atoms with Gasteiger partial charge < -0.3 is 9.84 Å². The number of rotatable bonds is 0. The van der Waals surface area contributed by atoms with Crippen molar-refractivity contribution in [3.63, 3.8) is 0 Å². The summed E-state index contributed by atoms with van der Waals surface area (Å²) in [4.78, 5) is 12.4. The van der Waals surface area contributed by atoms with Gasteiger partial charge in [0.05, 0.1) is 25.8 Å². The molecule has 1 fully saturated rings. The van der Waals surface area contributed by atoms with Crippen molar-refractivity contribution in [2.75, 3.05) is 13.7 Å². The van der Waals surface area contributed by atoms with Crippen LogP contribution in [0.2, 0.25) is 0 Å². The molecular weight excluding hydrogens is 172 g/mol. The lowest BCUT2D eigenvalue weighted by Crippen LogP contribution is -2.48. The van der Waals surface area contributed by atoms with E-state index in [0.29, 0.717) is 12.8 Å². The number of methoxy groups -OCH3 is 1. The van der Waals surface area contributed by atoms with E-state index in [1.807, 2.05) is 6.07 Å². The summed E-state index contributed by atoms with van der Waals surface area (Å²) in [6, 6.07) is 1.54. The third-order valence-electron chi connectivity index (χ3n) is 2.12. The summed E-state index contributed by atoms with van der Waals surface area (Å²) in [5.74, 6) is 0. The minimum atomic E-state index is -0.551. The van der Waals surface area contributed by atoms with Crippen molar-refractivity contribution in [2.24, 2.45) is 0 Å². The molecule has 0 bridgehead atoms. The van der Waals surface area contributed by atoms with E-state index in [0.717, 1.165) is 0 Å². The lowest BCUT2D eigenvalue weighted by Gasteiger charge is -2.32. The highest BCUT2D eigenvalue weighted by molar-refractivity contribution is 5.68. The minimum absolute atomic E-state index is 0.185. The molecule has 0 saturated carbocycles. The molecule has 0 unspecified atom stereocenters. The molecular formula is C8H12N2O3. The second-order valence-electron chi connectivity index (χ2n) is 3.00. The first-order valence-corrected chi connectivity index (χ1v) is 4.11. The summed E-state index contributed by atoms with van der Waals surface area (Å²) in [5, 5.41) is 18.0. The molecule has 1 saturated heterocycles. The zero-order valence-corrected chi connectivity index (χ0v) is 7.43. The number of nitriles is 1. The molecule has 0 spiro atoms. The van der Waals surface area contributed by atoms with Crippen LogP contribution in [0.1, 0.15) is 12.8 Å². The highest BCUT2D eigenvalue weighted by atomic mass is 16.5. The van der Waals surface area contributed by atoms with Crippen molar-refractivity contribution in [3.8, 4) is 6.07 Å². The number of hydrogen-bond donors (Lipinski definition) is 1. The average Bonchev–Trinajstić information content (AvgIpc) is 2.16. The van der Waals surface area contributed by atoms with E-state index in [2.05, 4.69) is 4.74 Å². The fraction of sp³-hybridized carbons (Fsp3) is 0.750. The number of aliphatic hydroxyl groups is 1. The van der Waals surface area contributed by atoms with Gasteiger partial charge >= 0.3 is 6.09 Å². The van der Waals surface area contributed by atoms with Crippen molar-refractivity contribution in [2.45, 2.75) is 25.0 Å². The number of hydrogen-bond acceptors (Lipinski definition) is 4. The summed E-state index contributed by atoms with van der Waals surface area (Å²) >= 11 is 0. The van der Waals surface area contributed by atoms with Crippen LogP contribution in [0.4, 0.5) is 4.79 Å². The molecule has 1 amide bonds. The number of nitrogens with zero attached hydrogens (tertiary/aromatic N) is 2. The van der Waals surface area contributed by atoms with E-state index in [1.165, 1.54) is 12.0 Å². The van der Waals surface area contributed by atoms with Crippen molar-refractivity contribution in [1.82, 2.24) is 4.90 Å². The average molecular weight is 184 g/mol. The number of likely N-dealkylation sites (tertiary alicyclic amines) is 1. The van der Waals surface area contributed by atoms with Gasteiger partial charge in [-0.3, -0.25) is 4.90 Å². The van der Waals surface area contributed by atoms with E-state index in [1.54, 1.807) is 0 Å². The van der Waals surface area contributed by atoms with Gasteiger partial charge in [-0.15, -0.1) is 0 Å². The molecule has 13 heavy (non-hydrogen) atoms. The van der Waals surface area contributed by atoms with Gasteiger partial charge in [0.15, 0.2) is 0 Å². The molecule has 0 aromatic carbocycles. The molecule has 1 aliphatic heterocycles. The topological polar surface area (TPSA) is 73.6 Å². The van der Waals surface area contributed by atoms with E-state index < -0.39 is 18.2 Å². The highest BCUT2D eigenvalue weighted by Gasteiger charge is 2.31. The number of β-amino-alcohol motifs (C(OH)–C–C–N with tert-alkyl or cyclic N) is 1. The quantitative estimate of drug-likeness (QED) is 0.579. The molecule has 1 heterocycles. The number of piperidine rings is 1. The van der Waals surface area contributed by atoms with Crippen LogP contribution in [0.5, 0.6) is 0 Å².